The smallest absolute Gasteiger partial charge is 0.477 e. The zero-order valence-electron chi connectivity index (χ0n) is 73.2. The van der Waals surface area contributed by atoms with Gasteiger partial charge in [0.1, 0.15) is 80.4 Å². The second-order valence-electron chi connectivity index (χ2n) is 30.5. The second-order valence-corrected chi connectivity index (χ2v) is 35.3. The molecular weight excluding hydrogens is 1900 g/mol. The van der Waals surface area contributed by atoms with Crippen molar-refractivity contribution in [2.24, 2.45) is 0 Å². The summed E-state index contributed by atoms with van der Waals surface area (Å²) in [6.07, 6.45) is -16.8. The Morgan fingerprint density at radius 2 is 0.630 bits per heavy atom. The summed E-state index contributed by atoms with van der Waals surface area (Å²) in [5, 5.41) is 39.7. The molecule has 5 aliphatic rings. The van der Waals surface area contributed by atoms with Crippen molar-refractivity contribution in [2.45, 2.75) is 239 Å². The maximum absolute atomic E-state index is 12.8. The van der Waals surface area contributed by atoms with E-state index in [1.165, 1.54) is 23.0 Å². The van der Waals surface area contributed by atoms with Crippen molar-refractivity contribution in [3.8, 4) is 11.8 Å². The molecule has 15 heterocycles. The lowest BCUT2D eigenvalue weighted by Crippen LogP contribution is -2.30. The van der Waals surface area contributed by atoms with Crippen LogP contribution in [-0.2, 0) is 80.6 Å². The Bertz CT molecular complexity index is 6430. The predicted octanol–water partition coefficient (Wildman–Crippen LogP) is 2.11. The number of nitrogen functional groups attached to an aromatic ring is 5. The number of hydrogen-bond acceptors (Lipinski definition) is 52. The predicted molar refractivity (Wildman–Crippen MR) is 477 cm³/mol. The molecule has 740 valence electrons. The zero-order chi connectivity index (χ0) is 97.9. The molecule has 17 N–H and O–H groups in total. The number of fused-ring (bicyclic) bond motifs is 5. The van der Waals surface area contributed by atoms with Crippen LogP contribution in [0.2, 0.25) is 0 Å². The molecule has 5 aliphatic heterocycles. The third-order valence-electron chi connectivity index (χ3n) is 18.7. The molecule has 55 nitrogen and oxygen atoms in total. The fourth-order valence-corrected chi connectivity index (χ4v) is 18.1. The highest BCUT2D eigenvalue weighted by Gasteiger charge is 2.46. The number of anilines is 5. The Hall–Kier alpha value is -12.5. The Morgan fingerprint density at radius 3 is 0.889 bits per heavy atom. The van der Waals surface area contributed by atoms with E-state index in [0.29, 0.717) is 56.6 Å². The van der Waals surface area contributed by atoms with Gasteiger partial charge in [-0.05, 0) is 69.2 Å². The Morgan fingerprint density at radius 1 is 0.385 bits per heavy atom. The molecule has 0 amide bonds. The molecule has 0 aromatic carbocycles. The number of aromatic amines is 3. The van der Waals surface area contributed by atoms with Gasteiger partial charge in [0.25, 0.3) is 16.7 Å². The lowest BCUT2D eigenvalue weighted by Gasteiger charge is -2.19. The molecular formula is C75H100N20O35S5. The summed E-state index contributed by atoms with van der Waals surface area (Å²) in [5.41, 5.74) is 27.0. The number of nitrogens with zero attached hydrogens (tertiary/aromatic N) is 12. The summed E-state index contributed by atoms with van der Waals surface area (Å²) in [6.45, 7) is 19.3. The SMILES string of the molecule is C.CC(=O)O[C@@H]1C[C@@H](COC(=O)OC(C)C)O[C@H]1n1c(=O)sc2c(=O)[nH]c(N)nc21.CC(C)OC(=O)OC[C@@H]1C[C@@H](O)[C@H](n2c(=O)sc3c(=O)[nH]c(N)nc32)O1.CCOc1nc(N)nc2c1sc(=O)n2[C@@H]1O[C@H](COC(=O)OC(C)C)C[C@H]1O.CCOc1nc(N)nc2c1sc(=O)n2[C@@H]1O[C@H](COC(=O)OC(C)C)C[C@H]1OC(C)=O.Nc1nc2c(sc(=O)n2[C@@H]2O[C@H](CO)C[C@H]2O)c(=O)[nH]1. The molecule has 15 rings (SSSR count). The van der Waals surface area contributed by atoms with Crippen LogP contribution in [0.5, 0.6) is 11.8 Å². The Kier molecular flexibility index (Phi) is 35.4. The van der Waals surface area contributed by atoms with Gasteiger partial charge in [0, 0.05) is 46.0 Å². The molecule has 10 aromatic heterocycles. The topological polar surface area (TPSA) is 769 Å². The number of esters is 2. The fourth-order valence-electron chi connectivity index (χ4n) is 13.8. The van der Waals surface area contributed by atoms with Gasteiger partial charge in [-0.3, -0.25) is 85.7 Å². The number of ether oxygens (including phenoxy) is 17. The van der Waals surface area contributed by atoms with E-state index in [1.54, 1.807) is 69.2 Å². The van der Waals surface area contributed by atoms with Crippen LogP contribution in [-0.4, -0.2) is 261 Å². The molecule has 0 spiro atoms. The van der Waals surface area contributed by atoms with Crippen LogP contribution >= 0.6 is 56.7 Å². The number of thiazole rings is 5. The number of carbonyl (C=O) groups is 6. The summed E-state index contributed by atoms with van der Waals surface area (Å²) in [7, 11) is 0. The number of nitrogens with two attached hydrogens (primary N) is 5. The summed E-state index contributed by atoms with van der Waals surface area (Å²) in [4.78, 5) is 200. The first-order valence-corrected chi connectivity index (χ1v) is 44.9. The first-order chi connectivity index (χ1) is 63.4. The minimum absolute atomic E-state index is 0. The van der Waals surface area contributed by atoms with E-state index in [2.05, 4.69) is 49.8 Å². The molecule has 5 saturated heterocycles. The van der Waals surface area contributed by atoms with Crippen molar-refractivity contribution >= 4 is 175 Å². The standard InChI is InChI=1S/C18H24N4O8S.C16H20N4O8S.C16H22N4O7S.C14H18N4O7S.C10H12N4O5S.CH4/c1-5-26-14-12-13(20-16(19)21-14)22(17(24)31-12)15-11(29-9(4)23)6-10(30-15)7-27-18(25)28-8(2)3;1-6(2)26-16(24)25-5-8-4-9(27-7(3)21)13(28-8)20-11-10(29-15(20)23)12(22)19-14(17)18-11;1-4-24-12-10-11(18-14(17)19-12)20(15(22)28-10)13-9(21)5-8(27-13)6-25-16(23)26-7(2)3;1-5(2)24-14(22)23-4-6-3-7(19)11(25-6)18-9-8(26-13(18)21)10(20)17-12(15)16-9;11-9-12-6-5(7(17)13-9)20-10(18)14(6)8-4(16)1-3(2-15)19-8;/h8,10-11,15H,5-7H2,1-4H3,(H2,19,20,21);6,8-9,13H,4-5H2,1-3H3,(H3,17,18,19,22);7-9,13,21H,4-6H2,1-3H3,(H2,17,18,19);5-7,11,19H,3-4H2,1-2H3,(H3,15,16,17,20);3-4,8,15-16H,1-2H2,(H3,11,12,13,17);1H4/t10-,11+,15+;2*8-,9+,13+;6-,7+,11+;3-,4+,8+;/m00000./s1. The number of hydrogen-bond donors (Lipinski definition) is 12. The summed E-state index contributed by atoms with van der Waals surface area (Å²) in [6, 6.07) is 0. The van der Waals surface area contributed by atoms with Gasteiger partial charge in [-0.1, -0.05) is 64.1 Å². The number of aliphatic hydroxyl groups is 4. The number of aromatic nitrogens is 15. The summed E-state index contributed by atoms with van der Waals surface area (Å²) in [5.74, 6) is -1.34. The minimum Gasteiger partial charge on any atom is -0.477 e. The van der Waals surface area contributed by atoms with Gasteiger partial charge in [0.05, 0.1) is 74.8 Å². The minimum atomic E-state index is -1.07. The highest BCUT2D eigenvalue weighted by molar-refractivity contribution is 7.17. The lowest BCUT2D eigenvalue weighted by atomic mass is 10.2. The van der Waals surface area contributed by atoms with Crippen molar-refractivity contribution in [3.63, 3.8) is 0 Å². The molecule has 0 bridgehead atoms. The Labute approximate surface area is 778 Å². The van der Waals surface area contributed by atoms with Gasteiger partial charge in [0.15, 0.2) is 59.4 Å². The third kappa shape index (κ3) is 25.8. The van der Waals surface area contributed by atoms with Gasteiger partial charge < -0.3 is 130 Å². The third-order valence-corrected chi connectivity index (χ3v) is 23.4. The van der Waals surface area contributed by atoms with E-state index in [-0.39, 0.29) is 181 Å². The quantitative estimate of drug-likeness (QED) is 0.0304. The summed E-state index contributed by atoms with van der Waals surface area (Å²) < 4.78 is 96.5. The monoisotopic (exact) mass is 2000 g/mol. The first kappa shape index (κ1) is 105. The lowest BCUT2D eigenvalue weighted by molar-refractivity contribution is -0.153. The fraction of sp³-hybridized carbons (Fsp3) is 0.587. The highest BCUT2D eigenvalue weighted by atomic mass is 32.1. The highest BCUT2D eigenvalue weighted by Crippen LogP contribution is 2.40. The van der Waals surface area contributed by atoms with E-state index in [1.807, 2.05) is 0 Å². The largest absolute Gasteiger partial charge is 0.508 e. The number of rotatable bonds is 24. The van der Waals surface area contributed by atoms with Crippen LogP contribution in [0.1, 0.15) is 154 Å². The van der Waals surface area contributed by atoms with Gasteiger partial charge in [-0.2, -0.15) is 34.9 Å². The van der Waals surface area contributed by atoms with Crippen molar-refractivity contribution in [1.29, 1.82) is 0 Å². The summed E-state index contributed by atoms with van der Waals surface area (Å²) >= 11 is 3.79. The molecule has 135 heavy (non-hydrogen) atoms. The number of H-pyrrole nitrogens is 3. The molecule has 5 fully saturated rings. The second kappa shape index (κ2) is 45.7. The van der Waals surface area contributed by atoms with Gasteiger partial charge in [-0.25, -0.2) is 19.2 Å². The van der Waals surface area contributed by atoms with Crippen molar-refractivity contribution in [2.75, 3.05) is 74.9 Å². The average molecular weight is 2000 g/mol. The van der Waals surface area contributed by atoms with Crippen molar-refractivity contribution in [3.05, 3.63) is 79.4 Å². The number of carbonyl (C=O) groups excluding carboxylic acids is 6. The van der Waals surface area contributed by atoms with E-state index in [9.17, 15) is 82.4 Å². The normalized spacial score (nSPS) is 22.2. The van der Waals surface area contributed by atoms with Crippen LogP contribution in [0, 0.1) is 0 Å². The van der Waals surface area contributed by atoms with Crippen LogP contribution in [0.3, 0.4) is 0 Å². The number of aliphatic hydroxyl groups excluding tert-OH is 4. The molecule has 0 radical (unpaired) electrons. The van der Waals surface area contributed by atoms with Gasteiger partial charge in [0.2, 0.25) is 41.5 Å². The van der Waals surface area contributed by atoms with E-state index in [4.69, 9.17) is 114 Å². The van der Waals surface area contributed by atoms with Crippen LogP contribution in [0.4, 0.5) is 48.9 Å². The Balaban J connectivity index is 0.000000175. The molecule has 0 saturated carbocycles. The first-order valence-electron chi connectivity index (χ1n) is 40.9. The van der Waals surface area contributed by atoms with E-state index < -0.39 is 170 Å². The molecule has 10 aromatic rings. The van der Waals surface area contributed by atoms with Crippen LogP contribution < -0.4 is 79.2 Å². The van der Waals surface area contributed by atoms with Gasteiger partial charge >= 0.3 is 60.9 Å². The molecule has 60 heteroatoms. The molecule has 15 atom stereocenters. The van der Waals surface area contributed by atoms with Crippen LogP contribution in [0.15, 0.2) is 38.4 Å². The van der Waals surface area contributed by atoms with Gasteiger partial charge in [-0.15, -0.1) is 0 Å². The van der Waals surface area contributed by atoms with Crippen molar-refractivity contribution < 1.29 is 130 Å². The maximum atomic E-state index is 12.8. The van der Waals surface area contributed by atoms with Crippen molar-refractivity contribution in [1.82, 2.24) is 72.7 Å². The van der Waals surface area contributed by atoms with E-state index >= 15 is 0 Å². The van der Waals surface area contributed by atoms with Crippen LogP contribution in [0.25, 0.3) is 51.7 Å². The maximum Gasteiger partial charge on any atom is 0.508 e. The average Bonchev–Trinajstić information content (AvgIpc) is 1.61. The zero-order valence-corrected chi connectivity index (χ0v) is 77.3. The molecule has 0 aliphatic carbocycles. The number of nitrogens with one attached hydrogen (secondary N) is 3. The molecule has 0 unspecified atom stereocenters. The van der Waals surface area contributed by atoms with E-state index in [0.717, 1.165) is 36.4 Å².